The highest BCUT2D eigenvalue weighted by molar-refractivity contribution is 6.04. The number of amides is 2. The molecule has 1 aromatic rings. The second-order valence-corrected chi connectivity index (χ2v) is 4.94. The fourth-order valence-electron chi connectivity index (χ4n) is 1.81. The van der Waals surface area contributed by atoms with Gasteiger partial charge in [0.1, 0.15) is 6.61 Å². The van der Waals surface area contributed by atoms with Gasteiger partial charge in [0, 0.05) is 0 Å². The van der Waals surface area contributed by atoms with Crippen molar-refractivity contribution < 1.29 is 14.3 Å². The van der Waals surface area contributed by atoms with Gasteiger partial charge in [-0.15, -0.1) is 6.42 Å². The van der Waals surface area contributed by atoms with E-state index in [0.29, 0.717) is 23.8 Å². The Hall–Kier alpha value is -2.32. The minimum Gasteiger partial charge on any atom is -0.371 e. The van der Waals surface area contributed by atoms with Crippen molar-refractivity contribution in [1.29, 1.82) is 0 Å². The molecule has 0 heterocycles. The van der Waals surface area contributed by atoms with Crippen molar-refractivity contribution >= 4 is 17.5 Å². The first-order valence-corrected chi connectivity index (χ1v) is 6.89. The van der Waals surface area contributed by atoms with Crippen molar-refractivity contribution in [2.45, 2.75) is 12.8 Å². The number of terminal acetylenes is 1. The summed E-state index contributed by atoms with van der Waals surface area (Å²) in [6.45, 7) is 0.764. The van der Waals surface area contributed by atoms with E-state index in [9.17, 15) is 9.59 Å². The first-order chi connectivity index (χ1) is 10.2. The van der Waals surface area contributed by atoms with Crippen molar-refractivity contribution in [3.05, 3.63) is 29.8 Å². The topological polar surface area (TPSA) is 67.4 Å². The number of carbonyl (C=O) groups excluding carboxylic acids is 2. The Labute approximate surface area is 124 Å². The van der Waals surface area contributed by atoms with Gasteiger partial charge in [-0.05, 0) is 30.9 Å². The molecule has 0 unspecified atom stereocenters. The Bertz CT molecular complexity index is 559. The highest BCUT2D eigenvalue weighted by Crippen LogP contribution is 2.28. The molecular weight excluding hydrogens is 268 g/mol. The smallest absolute Gasteiger partial charge is 0.254 e. The molecule has 5 nitrogen and oxygen atoms in total. The molecule has 0 aromatic heterocycles. The van der Waals surface area contributed by atoms with E-state index in [4.69, 9.17) is 11.2 Å². The first kappa shape index (κ1) is 15.1. The highest BCUT2D eigenvalue weighted by atomic mass is 16.5. The fraction of sp³-hybridized carbons (Fsp3) is 0.375. The largest absolute Gasteiger partial charge is 0.371 e. The second-order valence-electron chi connectivity index (χ2n) is 4.94. The zero-order valence-electron chi connectivity index (χ0n) is 11.7. The molecule has 1 aromatic carbocycles. The SMILES string of the molecule is C#CCNC(=O)c1ccccc1NC(=O)COCC1CC1. The predicted molar refractivity (Wildman–Crippen MR) is 79.8 cm³/mol. The molecule has 0 saturated heterocycles. The van der Waals surface area contributed by atoms with Crippen LogP contribution in [0.3, 0.4) is 0 Å². The lowest BCUT2D eigenvalue weighted by atomic mass is 10.1. The molecule has 0 bridgehead atoms. The van der Waals surface area contributed by atoms with Crippen molar-refractivity contribution in [2.24, 2.45) is 5.92 Å². The number of benzene rings is 1. The Morgan fingerprint density at radius 2 is 2.10 bits per heavy atom. The number of ether oxygens (including phenoxy) is 1. The van der Waals surface area contributed by atoms with E-state index in [-0.39, 0.29) is 25.0 Å². The van der Waals surface area contributed by atoms with Gasteiger partial charge in [-0.3, -0.25) is 9.59 Å². The van der Waals surface area contributed by atoms with Crippen LogP contribution in [-0.4, -0.2) is 31.6 Å². The van der Waals surface area contributed by atoms with E-state index in [2.05, 4.69) is 16.6 Å². The van der Waals surface area contributed by atoms with Crippen LogP contribution in [0.1, 0.15) is 23.2 Å². The third-order valence-electron chi connectivity index (χ3n) is 3.08. The highest BCUT2D eigenvalue weighted by Gasteiger charge is 2.21. The number of rotatable bonds is 7. The van der Waals surface area contributed by atoms with Crippen LogP contribution < -0.4 is 10.6 Å². The van der Waals surface area contributed by atoms with E-state index >= 15 is 0 Å². The molecule has 110 valence electrons. The van der Waals surface area contributed by atoms with Gasteiger partial charge in [-0.2, -0.15) is 0 Å². The monoisotopic (exact) mass is 286 g/mol. The first-order valence-electron chi connectivity index (χ1n) is 6.89. The summed E-state index contributed by atoms with van der Waals surface area (Å²) in [5, 5.41) is 5.26. The summed E-state index contributed by atoms with van der Waals surface area (Å²) in [7, 11) is 0. The number of carbonyl (C=O) groups is 2. The number of hydrogen-bond donors (Lipinski definition) is 2. The molecule has 5 heteroatoms. The van der Waals surface area contributed by atoms with E-state index in [0.717, 1.165) is 0 Å². The van der Waals surface area contributed by atoms with Crippen molar-refractivity contribution in [3.63, 3.8) is 0 Å². The maximum absolute atomic E-state index is 11.9. The Kier molecular flexibility index (Phi) is 5.35. The third-order valence-corrected chi connectivity index (χ3v) is 3.08. The van der Waals surface area contributed by atoms with Gasteiger partial charge in [0.25, 0.3) is 5.91 Å². The number of para-hydroxylation sites is 1. The predicted octanol–water partition coefficient (Wildman–Crippen LogP) is 1.41. The molecule has 1 aliphatic carbocycles. The van der Waals surface area contributed by atoms with Gasteiger partial charge in [-0.25, -0.2) is 0 Å². The fourth-order valence-corrected chi connectivity index (χ4v) is 1.81. The van der Waals surface area contributed by atoms with Crippen LogP contribution >= 0.6 is 0 Å². The van der Waals surface area contributed by atoms with E-state index < -0.39 is 0 Å². The zero-order valence-corrected chi connectivity index (χ0v) is 11.7. The van der Waals surface area contributed by atoms with Crippen LogP contribution in [0.4, 0.5) is 5.69 Å². The van der Waals surface area contributed by atoms with Crippen LogP contribution in [0.15, 0.2) is 24.3 Å². The van der Waals surface area contributed by atoms with Crippen LogP contribution in [-0.2, 0) is 9.53 Å². The molecule has 0 atom stereocenters. The van der Waals surface area contributed by atoms with Gasteiger partial charge in [0.05, 0.1) is 24.4 Å². The average molecular weight is 286 g/mol. The molecule has 1 aliphatic rings. The van der Waals surface area contributed by atoms with Crippen molar-refractivity contribution in [2.75, 3.05) is 25.1 Å². The lowest BCUT2D eigenvalue weighted by Crippen LogP contribution is -2.26. The normalized spacial score (nSPS) is 13.3. The third kappa shape index (κ3) is 4.93. The summed E-state index contributed by atoms with van der Waals surface area (Å²) in [5.74, 6) is 2.36. The van der Waals surface area contributed by atoms with Crippen LogP contribution in [0.5, 0.6) is 0 Å². The molecule has 2 amide bonds. The van der Waals surface area contributed by atoms with Crippen LogP contribution in [0.2, 0.25) is 0 Å². The summed E-state index contributed by atoms with van der Waals surface area (Å²) in [5.41, 5.74) is 0.829. The van der Waals surface area contributed by atoms with Gasteiger partial charge < -0.3 is 15.4 Å². The minimum atomic E-state index is -0.317. The van der Waals surface area contributed by atoms with Crippen LogP contribution in [0.25, 0.3) is 0 Å². The maximum Gasteiger partial charge on any atom is 0.254 e. The summed E-state index contributed by atoms with van der Waals surface area (Å²) in [6.07, 6.45) is 7.47. The molecule has 2 N–H and O–H groups in total. The summed E-state index contributed by atoms with van der Waals surface area (Å²) in [4.78, 5) is 23.7. The van der Waals surface area contributed by atoms with Crippen LogP contribution in [0, 0.1) is 18.3 Å². The molecule has 2 rings (SSSR count). The number of hydrogen-bond acceptors (Lipinski definition) is 3. The summed E-state index contributed by atoms with van der Waals surface area (Å²) in [6, 6.07) is 6.78. The van der Waals surface area contributed by atoms with E-state index in [1.165, 1.54) is 12.8 Å². The van der Waals surface area contributed by atoms with Crippen molar-refractivity contribution in [3.8, 4) is 12.3 Å². The molecule has 0 spiro atoms. The Morgan fingerprint density at radius 1 is 1.33 bits per heavy atom. The van der Waals surface area contributed by atoms with Gasteiger partial charge in [-0.1, -0.05) is 18.1 Å². The molecule has 1 fully saturated rings. The Morgan fingerprint density at radius 3 is 2.81 bits per heavy atom. The standard InChI is InChI=1S/C16H18N2O3/c1-2-9-17-16(20)13-5-3-4-6-14(13)18-15(19)11-21-10-12-7-8-12/h1,3-6,12H,7-11H2,(H,17,20)(H,18,19). The number of nitrogens with one attached hydrogen (secondary N) is 2. The zero-order chi connectivity index (χ0) is 15.1. The lowest BCUT2D eigenvalue weighted by Gasteiger charge is -2.10. The van der Waals surface area contributed by atoms with Gasteiger partial charge in [0.2, 0.25) is 5.91 Å². The Balaban J connectivity index is 1.90. The second kappa shape index (κ2) is 7.46. The quantitative estimate of drug-likeness (QED) is 0.745. The van der Waals surface area contributed by atoms with Gasteiger partial charge >= 0.3 is 0 Å². The van der Waals surface area contributed by atoms with Crippen molar-refractivity contribution in [1.82, 2.24) is 5.32 Å². The van der Waals surface area contributed by atoms with E-state index in [1.807, 2.05) is 0 Å². The summed E-state index contributed by atoms with van der Waals surface area (Å²) < 4.78 is 5.32. The molecular formula is C16H18N2O3. The molecule has 0 radical (unpaired) electrons. The average Bonchev–Trinajstić information content (AvgIpc) is 3.29. The lowest BCUT2D eigenvalue weighted by molar-refractivity contribution is -0.120. The maximum atomic E-state index is 11.9. The van der Waals surface area contributed by atoms with E-state index in [1.54, 1.807) is 24.3 Å². The minimum absolute atomic E-state index is 0.00317. The molecule has 0 aliphatic heterocycles. The number of anilines is 1. The molecule has 21 heavy (non-hydrogen) atoms. The summed E-state index contributed by atoms with van der Waals surface area (Å²) >= 11 is 0. The van der Waals surface area contributed by atoms with Gasteiger partial charge in [0.15, 0.2) is 0 Å². The molecule has 1 saturated carbocycles.